The van der Waals surface area contributed by atoms with Gasteiger partial charge in [0.25, 0.3) is 5.69 Å². The number of rotatable bonds is 2. The first kappa shape index (κ1) is 8.46. The van der Waals surface area contributed by atoms with E-state index in [4.69, 9.17) is 0 Å². The summed E-state index contributed by atoms with van der Waals surface area (Å²) in [6, 6.07) is 6.14. The van der Waals surface area contributed by atoms with Crippen molar-refractivity contribution in [3.8, 4) is 0 Å². The zero-order valence-corrected chi connectivity index (χ0v) is 6.49. The molecule has 0 saturated heterocycles. The Morgan fingerprint density at radius 2 is 1.83 bits per heavy atom. The third kappa shape index (κ3) is 1.69. The Kier molecular flexibility index (Phi) is 2.24. The average Bonchev–Trinajstić information content (AvgIpc) is 2.04. The van der Waals surface area contributed by atoms with Gasteiger partial charge in [0, 0.05) is 12.1 Å². The van der Waals surface area contributed by atoms with Crippen molar-refractivity contribution < 1.29 is 4.92 Å². The molecule has 1 rings (SSSR count). The molecule has 3 nitrogen and oxygen atoms in total. The van der Waals surface area contributed by atoms with Crippen LogP contribution in [0.2, 0.25) is 0 Å². The first-order valence-electron chi connectivity index (χ1n) is 3.37. The van der Waals surface area contributed by atoms with Crippen LogP contribution < -0.4 is 0 Å². The van der Waals surface area contributed by atoms with Crippen molar-refractivity contribution in [2.75, 3.05) is 0 Å². The molecular formula is C9H8NO2. The van der Waals surface area contributed by atoms with Crippen LogP contribution in [0.15, 0.2) is 30.8 Å². The summed E-state index contributed by atoms with van der Waals surface area (Å²) in [6.45, 7) is 7.24. The molecule has 0 amide bonds. The molecule has 0 aliphatic rings. The van der Waals surface area contributed by atoms with Gasteiger partial charge in [-0.25, -0.2) is 0 Å². The van der Waals surface area contributed by atoms with Gasteiger partial charge in [0.05, 0.1) is 4.92 Å². The van der Waals surface area contributed by atoms with Crippen LogP contribution in [0.25, 0.3) is 5.57 Å². The van der Waals surface area contributed by atoms with Gasteiger partial charge in [0.1, 0.15) is 0 Å². The topological polar surface area (TPSA) is 43.1 Å². The first-order valence-corrected chi connectivity index (χ1v) is 3.37. The van der Waals surface area contributed by atoms with Crippen molar-refractivity contribution in [1.82, 2.24) is 0 Å². The maximum Gasteiger partial charge on any atom is 0.269 e. The van der Waals surface area contributed by atoms with Crippen molar-refractivity contribution in [3.05, 3.63) is 53.4 Å². The fourth-order valence-corrected chi connectivity index (χ4v) is 0.819. The van der Waals surface area contributed by atoms with Crippen molar-refractivity contribution in [1.29, 1.82) is 0 Å². The van der Waals surface area contributed by atoms with Crippen LogP contribution in [-0.2, 0) is 0 Å². The number of hydrogen-bond acceptors (Lipinski definition) is 2. The number of non-ortho nitro benzene ring substituents is 1. The summed E-state index contributed by atoms with van der Waals surface area (Å²) in [5, 5.41) is 10.2. The largest absolute Gasteiger partial charge is 0.269 e. The Balaban J connectivity index is 3.01. The number of nitrogens with zero attached hydrogens (tertiary/aromatic N) is 1. The van der Waals surface area contributed by atoms with E-state index in [1.165, 1.54) is 12.1 Å². The van der Waals surface area contributed by atoms with E-state index in [1.807, 2.05) is 0 Å². The lowest BCUT2D eigenvalue weighted by Gasteiger charge is -1.96. The highest BCUT2D eigenvalue weighted by atomic mass is 16.6. The van der Waals surface area contributed by atoms with Gasteiger partial charge < -0.3 is 0 Å². The lowest BCUT2D eigenvalue weighted by molar-refractivity contribution is -0.384. The van der Waals surface area contributed by atoms with Gasteiger partial charge in [-0.05, 0) is 30.2 Å². The van der Waals surface area contributed by atoms with Crippen molar-refractivity contribution in [2.24, 2.45) is 0 Å². The van der Waals surface area contributed by atoms with Crippen LogP contribution in [0.5, 0.6) is 0 Å². The molecular weight excluding hydrogens is 154 g/mol. The normalized spacial score (nSPS) is 9.42. The van der Waals surface area contributed by atoms with E-state index >= 15 is 0 Å². The zero-order chi connectivity index (χ0) is 9.14. The number of allylic oxidation sites excluding steroid dienone is 1. The summed E-state index contributed by atoms with van der Waals surface area (Å²) in [5.41, 5.74) is 1.56. The van der Waals surface area contributed by atoms with E-state index in [0.29, 0.717) is 5.57 Å². The SMILES string of the molecule is [CH2]C(=C)c1ccc([N+](=O)[O-])cc1. The number of benzene rings is 1. The molecule has 0 saturated carbocycles. The van der Waals surface area contributed by atoms with Crippen LogP contribution in [0.3, 0.4) is 0 Å². The Hall–Kier alpha value is -1.64. The molecule has 3 heteroatoms. The maximum atomic E-state index is 10.2. The van der Waals surface area contributed by atoms with Crippen LogP contribution in [-0.4, -0.2) is 4.92 Å². The summed E-state index contributed by atoms with van der Waals surface area (Å²) in [5.74, 6) is 0. The monoisotopic (exact) mass is 162 g/mol. The molecule has 0 N–H and O–H groups in total. The number of nitro benzene ring substituents is 1. The van der Waals surface area contributed by atoms with Crippen LogP contribution >= 0.6 is 0 Å². The standard InChI is InChI=1S/C9H8NO2/c1-7(2)8-3-5-9(6-4-8)10(11)12/h3-6H,1-2H2. The van der Waals surface area contributed by atoms with Gasteiger partial charge in [-0.1, -0.05) is 6.58 Å². The summed E-state index contributed by atoms with van der Waals surface area (Å²) in [7, 11) is 0. The Morgan fingerprint density at radius 1 is 1.33 bits per heavy atom. The molecule has 1 aromatic rings. The highest BCUT2D eigenvalue weighted by Gasteiger charge is 2.03. The number of hydrogen-bond donors (Lipinski definition) is 0. The smallest absolute Gasteiger partial charge is 0.258 e. The molecule has 0 aliphatic heterocycles. The van der Waals surface area contributed by atoms with Gasteiger partial charge >= 0.3 is 0 Å². The molecule has 0 aromatic heterocycles. The Morgan fingerprint density at radius 3 is 2.17 bits per heavy atom. The summed E-state index contributed by atoms with van der Waals surface area (Å²) in [6.07, 6.45) is 0. The summed E-state index contributed by atoms with van der Waals surface area (Å²) in [4.78, 5) is 9.81. The molecule has 0 atom stereocenters. The van der Waals surface area contributed by atoms with E-state index in [1.54, 1.807) is 12.1 Å². The lowest BCUT2D eigenvalue weighted by Crippen LogP contribution is -1.87. The minimum Gasteiger partial charge on any atom is -0.258 e. The second-order valence-corrected chi connectivity index (χ2v) is 2.41. The maximum absolute atomic E-state index is 10.2. The van der Waals surface area contributed by atoms with E-state index in [-0.39, 0.29) is 5.69 Å². The molecule has 0 fully saturated rings. The molecule has 0 heterocycles. The third-order valence-electron chi connectivity index (χ3n) is 1.49. The molecule has 0 spiro atoms. The van der Waals surface area contributed by atoms with Crippen molar-refractivity contribution in [2.45, 2.75) is 0 Å². The second-order valence-electron chi connectivity index (χ2n) is 2.41. The summed E-state index contributed by atoms with van der Waals surface area (Å²) < 4.78 is 0. The van der Waals surface area contributed by atoms with Gasteiger partial charge in [-0.3, -0.25) is 10.1 Å². The second kappa shape index (κ2) is 3.17. The molecule has 0 bridgehead atoms. The third-order valence-corrected chi connectivity index (χ3v) is 1.49. The minimum absolute atomic E-state index is 0.0833. The molecule has 12 heavy (non-hydrogen) atoms. The Labute approximate surface area is 70.5 Å². The van der Waals surface area contributed by atoms with Gasteiger partial charge in [0.2, 0.25) is 0 Å². The fraction of sp³-hybridized carbons (Fsp3) is 0. The molecule has 61 valence electrons. The highest BCUT2D eigenvalue weighted by molar-refractivity contribution is 5.66. The van der Waals surface area contributed by atoms with E-state index in [2.05, 4.69) is 13.5 Å². The van der Waals surface area contributed by atoms with E-state index in [0.717, 1.165) is 5.56 Å². The van der Waals surface area contributed by atoms with Crippen LogP contribution in [0, 0.1) is 17.0 Å². The molecule has 0 unspecified atom stereocenters. The predicted octanol–water partition coefficient (Wildman–Crippen LogP) is 2.44. The van der Waals surface area contributed by atoms with Crippen molar-refractivity contribution in [3.63, 3.8) is 0 Å². The zero-order valence-electron chi connectivity index (χ0n) is 6.49. The molecule has 1 aromatic carbocycles. The lowest BCUT2D eigenvalue weighted by atomic mass is 10.1. The van der Waals surface area contributed by atoms with E-state index in [9.17, 15) is 10.1 Å². The van der Waals surface area contributed by atoms with Gasteiger partial charge in [0.15, 0.2) is 0 Å². The quantitative estimate of drug-likeness (QED) is 0.495. The number of nitro groups is 1. The van der Waals surface area contributed by atoms with Crippen molar-refractivity contribution >= 4 is 11.3 Å². The molecule has 0 aliphatic carbocycles. The summed E-state index contributed by atoms with van der Waals surface area (Å²) >= 11 is 0. The first-order chi connectivity index (χ1) is 5.61. The highest BCUT2D eigenvalue weighted by Crippen LogP contribution is 2.16. The van der Waals surface area contributed by atoms with Gasteiger partial charge in [-0.2, -0.15) is 0 Å². The van der Waals surface area contributed by atoms with E-state index < -0.39 is 4.92 Å². The Bertz CT molecular complexity index is 281. The fourth-order valence-electron chi connectivity index (χ4n) is 0.819. The molecule has 1 radical (unpaired) electrons. The van der Waals surface area contributed by atoms with Gasteiger partial charge in [-0.15, -0.1) is 0 Å². The minimum atomic E-state index is -0.435. The van der Waals surface area contributed by atoms with Crippen LogP contribution in [0.1, 0.15) is 5.56 Å². The average molecular weight is 162 g/mol. The predicted molar refractivity (Wildman–Crippen MR) is 47.5 cm³/mol. The van der Waals surface area contributed by atoms with Crippen LogP contribution in [0.4, 0.5) is 5.69 Å².